The summed E-state index contributed by atoms with van der Waals surface area (Å²) in [7, 11) is 0. The number of fused-ring (bicyclic) bond motifs is 1. The van der Waals surface area contributed by atoms with Crippen molar-refractivity contribution in [3.8, 4) is 0 Å². The van der Waals surface area contributed by atoms with Crippen LogP contribution in [0.1, 0.15) is 39.7 Å². The fraction of sp³-hybridized carbons (Fsp3) is 0.682. The van der Waals surface area contributed by atoms with E-state index in [1.54, 1.807) is 27.7 Å². The second-order valence-electron chi connectivity index (χ2n) is 9.15. The van der Waals surface area contributed by atoms with Gasteiger partial charge in [0.25, 0.3) is 5.79 Å². The third-order valence-electron chi connectivity index (χ3n) is 5.68. The number of carbonyl (C=O) groups is 1. The molecule has 3 saturated heterocycles. The van der Waals surface area contributed by atoms with Crippen LogP contribution in [-0.4, -0.2) is 65.7 Å². The number of esters is 1. The molecule has 0 bridgehead atoms. The number of rotatable bonds is 6. The molecule has 0 aliphatic carbocycles. The molecule has 3 heterocycles. The summed E-state index contributed by atoms with van der Waals surface area (Å²) in [5, 5.41) is 11.5. The first kappa shape index (κ1) is 22.6. The van der Waals surface area contributed by atoms with Crippen LogP contribution in [0.15, 0.2) is 30.3 Å². The number of hydrogen-bond acceptors (Lipinski definition) is 9. The molecule has 172 valence electrons. The third-order valence-corrected chi connectivity index (χ3v) is 5.68. The lowest BCUT2D eigenvalue weighted by Gasteiger charge is -2.35. The molecule has 3 aliphatic rings. The van der Waals surface area contributed by atoms with Crippen molar-refractivity contribution in [3.63, 3.8) is 0 Å². The summed E-state index contributed by atoms with van der Waals surface area (Å²) in [6, 6.07) is 8.76. The lowest BCUT2D eigenvalue weighted by atomic mass is 10.0. The number of hydrogen-bond donors (Lipinski definition) is 2. The van der Waals surface area contributed by atoms with Gasteiger partial charge in [0.15, 0.2) is 30.1 Å². The molecule has 0 radical (unpaired) electrons. The van der Waals surface area contributed by atoms with Crippen LogP contribution in [0.3, 0.4) is 0 Å². The Morgan fingerprint density at radius 3 is 2.48 bits per heavy atom. The Kier molecular flexibility index (Phi) is 5.89. The summed E-state index contributed by atoms with van der Waals surface area (Å²) in [6.07, 6.45) is -2.77. The van der Waals surface area contributed by atoms with Crippen LogP contribution >= 0.6 is 0 Å². The van der Waals surface area contributed by atoms with Gasteiger partial charge in [0.1, 0.15) is 12.1 Å². The summed E-state index contributed by atoms with van der Waals surface area (Å²) in [5.74, 6) is -4.76. The molecule has 1 aromatic carbocycles. The Morgan fingerprint density at radius 2 is 1.84 bits per heavy atom. The Balaban J connectivity index is 1.48. The van der Waals surface area contributed by atoms with Crippen LogP contribution < -0.4 is 5.73 Å². The van der Waals surface area contributed by atoms with Gasteiger partial charge in [0, 0.05) is 0 Å². The number of aryl methyl sites for hydroxylation is 1. The third kappa shape index (κ3) is 4.63. The molecule has 3 fully saturated rings. The standard InChI is InChI=1S/C22H31NO8/c1-20(2)26-12-15(28-20)16-22(25,17-19(27-16)31-21(3,4)29-17)30-18(24)14(23)11-10-13-8-6-5-7-9-13/h5-9,14-17,19,25H,10-12,23H2,1-4H3/t14-,15+,16+,17-,19?,22-/m0/s1. The van der Waals surface area contributed by atoms with Crippen LogP contribution in [0.25, 0.3) is 0 Å². The summed E-state index contributed by atoms with van der Waals surface area (Å²) in [5.41, 5.74) is 7.14. The van der Waals surface area contributed by atoms with Gasteiger partial charge in [-0.05, 0) is 46.1 Å². The minimum absolute atomic E-state index is 0.153. The normalized spacial score (nSPS) is 36.8. The first-order valence-corrected chi connectivity index (χ1v) is 10.6. The Hall–Kier alpha value is -1.59. The van der Waals surface area contributed by atoms with Crippen LogP contribution in [0.5, 0.6) is 0 Å². The van der Waals surface area contributed by atoms with E-state index >= 15 is 0 Å². The highest BCUT2D eigenvalue weighted by Crippen LogP contribution is 2.46. The monoisotopic (exact) mass is 437 g/mol. The molecular formula is C22H31NO8. The highest BCUT2D eigenvalue weighted by Gasteiger charge is 2.69. The molecule has 0 spiro atoms. The smallest absolute Gasteiger partial charge is 0.325 e. The second kappa shape index (κ2) is 8.08. The zero-order valence-corrected chi connectivity index (χ0v) is 18.3. The maximum absolute atomic E-state index is 12.8. The molecule has 3 N–H and O–H groups in total. The molecule has 6 atom stereocenters. The Labute approximate surface area is 181 Å². The highest BCUT2D eigenvalue weighted by atomic mass is 16.9. The number of ether oxygens (including phenoxy) is 6. The quantitative estimate of drug-likeness (QED) is 0.500. The molecule has 1 unspecified atom stereocenters. The van der Waals surface area contributed by atoms with Gasteiger partial charge in [-0.15, -0.1) is 0 Å². The Bertz CT molecular complexity index is 800. The summed E-state index contributed by atoms with van der Waals surface area (Å²) in [6.45, 7) is 7.04. The fourth-order valence-electron chi connectivity index (χ4n) is 4.17. The van der Waals surface area contributed by atoms with Crippen molar-refractivity contribution in [1.82, 2.24) is 0 Å². The number of carbonyl (C=O) groups excluding carboxylic acids is 1. The number of benzene rings is 1. The van der Waals surface area contributed by atoms with Gasteiger partial charge >= 0.3 is 5.97 Å². The number of aliphatic hydroxyl groups is 1. The van der Waals surface area contributed by atoms with E-state index in [9.17, 15) is 9.90 Å². The highest BCUT2D eigenvalue weighted by molar-refractivity contribution is 5.76. The Morgan fingerprint density at radius 1 is 1.13 bits per heavy atom. The van der Waals surface area contributed by atoms with Gasteiger partial charge in [-0.1, -0.05) is 30.3 Å². The molecule has 9 nitrogen and oxygen atoms in total. The van der Waals surface area contributed by atoms with E-state index in [1.165, 1.54) is 0 Å². The predicted octanol–water partition coefficient (Wildman–Crippen LogP) is 1.21. The molecule has 0 aromatic heterocycles. The van der Waals surface area contributed by atoms with Gasteiger partial charge in [0.2, 0.25) is 0 Å². The maximum atomic E-state index is 12.8. The molecule has 9 heteroatoms. The van der Waals surface area contributed by atoms with Crippen molar-refractivity contribution in [2.45, 2.75) is 88.5 Å². The minimum atomic E-state index is -2.14. The molecule has 3 aliphatic heterocycles. The van der Waals surface area contributed by atoms with Crippen LogP contribution in [-0.2, 0) is 39.6 Å². The molecule has 4 rings (SSSR count). The van der Waals surface area contributed by atoms with Crippen molar-refractivity contribution >= 4 is 5.97 Å². The summed E-state index contributed by atoms with van der Waals surface area (Å²) in [4.78, 5) is 12.8. The van der Waals surface area contributed by atoms with Gasteiger partial charge in [0.05, 0.1) is 6.61 Å². The topological polar surface area (TPSA) is 119 Å². The lowest BCUT2D eigenvalue weighted by molar-refractivity contribution is -0.303. The van der Waals surface area contributed by atoms with Gasteiger partial charge in [-0.25, -0.2) is 0 Å². The van der Waals surface area contributed by atoms with E-state index in [-0.39, 0.29) is 6.61 Å². The zero-order chi connectivity index (χ0) is 22.4. The van der Waals surface area contributed by atoms with E-state index in [4.69, 9.17) is 34.2 Å². The first-order valence-electron chi connectivity index (χ1n) is 10.6. The van der Waals surface area contributed by atoms with E-state index < -0.39 is 54.0 Å². The van der Waals surface area contributed by atoms with Crippen LogP contribution in [0.2, 0.25) is 0 Å². The maximum Gasteiger partial charge on any atom is 0.325 e. The fourth-order valence-corrected chi connectivity index (χ4v) is 4.17. The molecule has 1 aromatic rings. The second-order valence-corrected chi connectivity index (χ2v) is 9.15. The van der Waals surface area contributed by atoms with Gasteiger partial charge in [-0.3, -0.25) is 4.79 Å². The van der Waals surface area contributed by atoms with Crippen LogP contribution in [0, 0.1) is 0 Å². The lowest BCUT2D eigenvalue weighted by Crippen LogP contribution is -2.58. The SMILES string of the molecule is CC1(C)OC[C@H]([C@H]2OC3OC(C)(C)O[C@@H]3[C@@]2(O)OC(=O)[C@@H](N)CCc2ccccc2)O1. The van der Waals surface area contributed by atoms with E-state index in [0.29, 0.717) is 12.8 Å². The molecular weight excluding hydrogens is 406 g/mol. The predicted molar refractivity (Wildman–Crippen MR) is 107 cm³/mol. The minimum Gasteiger partial charge on any atom is -0.426 e. The summed E-state index contributed by atoms with van der Waals surface area (Å²) >= 11 is 0. The average molecular weight is 437 g/mol. The van der Waals surface area contributed by atoms with E-state index in [1.807, 2.05) is 30.3 Å². The van der Waals surface area contributed by atoms with Crippen molar-refractivity contribution in [1.29, 1.82) is 0 Å². The van der Waals surface area contributed by atoms with Crippen molar-refractivity contribution < 1.29 is 38.3 Å². The molecule has 0 saturated carbocycles. The first-order chi connectivity index (χ1) is 14.5. The van der Waals surface area contributed by atoms with E-state index in [2.05, 4.69) is 0 Å². The van der Waals surface area contributed by atoms with Gasteiger partial charge in [-0.2, -0.15) is 0 Å². The van der Waals surface area contributed by atoms with Crippen molar-refractivity contribution in [2.75, 3.05) is 6.61 Å². The largest absolute Gasteiger partial charge is 0.426 e. The van der Waals surface area contributed by atoms with Crippen LogP contribution in [0.4, 0.5) is 0 Å². The average Bonchev–Trinajstić information content (AvgIpc) is 3.29. The molecule has 31 heavy (non-hydrogen) atoms. The summed E-state index contributed by atoms with van der Waals surface area (Å²) < 4.78 is 34.5. The van der Waals surface area contributed by atoms with E-state index in [0.717, 1.165) is 5.56 Å². The molecule has 0 amide bonds. The number of nitrogens with two attached hydrogens (primary N) is 1. The van der Waals surface area contributed by atoms with Gasteiger partial charge < -0.3 is 39.3 Å². The van der Waals surface area contributed by atoms with Crippen molar-refractivity contribution in [2.24, 2.45) is 5.73 Å². The zero-order valence-electron chi connectivity index (χ0n) is 18.3. The van der Waals surface area contributed by atoms with Crippen molar-refractivity contribution in [3.05, 3.63) is 35.9 Å².